The molecule has 0 radical (unpaired) electrons. The van der Waals surface area contributed by atoms with E-state index in [-0.39, 0.29) is 24.7 Å². The molecular formula is C33H39ClN2O7. The Morgan fingerprint density at radius 1 is 1.05 bits per heavy atom. The zero-order valence-corrected chi connectivity index (χ0v) is 25.3. The number of carbonyl (C=O) groups is 1. The predicted molar refractivity (Wildman–Crippen MR) is 163 cm³/mol. The van der Waals surface area contributed by atoms with E-state index < -0.39 is 12.2 Å². The summed E-state index contributed by atoms with van der Waals surface area (Å²) in [5.74, 6) is 2.11. The van der Waals surface area contributed by atoms with Crippen LogP contribution in [-0.2, 0) is 13.0 Å². The number of nitrogens with one attached hydrogen (secondary N) is 1. The van der Waals surface area contributed by atoms with Gasteiger partial charge in [0.15, 0.2) is 0 Å². The van der Waals surface area contributed by atoms with Crippen molar-refractivity contribution in [3.8, 4) is 23.0 Å². The van der Waals surface area contributed by atoms with E-state index in [0.29, 0.717) is 30.2 Å². The van der Waals surface area contributed by atoms with E-state index in [0.717, 1.165) is 60.0 Å². The number of β-amino-alcohol motifs (C(OH)–C–C–N with tert-alkyl or cyclic N) is 1. The first kappa shape index (κ1) is 30.9. The minimum absolute atomic E-state index is 0.000694. The lowest BCUT2D eigenvalue weighted by Crippen LogP contribution is -2.49. The van der Waals surface area contributed by atoms with Crippen molar-refractivity contribution >= 4 is 17.5 Å². The van der Waals surface area contributed by atoms with Crippen LogP contribution in [-0.4, -0.2) is 78.7 Å². The number of benzene rings is 3. The number of fused-ring (bicyclic) bond motifs is 1. The molecule has 0 aliphatic carbocycles. The molecule has 43 heavy (non-hydrogen) atoms. The molecule has 1 unspecified atom stereocenters. The van der Waals surface area contributed by atoms with E-state index in [1.54, 1.807) is 32.2 Å². The molecule has 9 nitrogen and oxygen atoms in total. The first-order valence-electron chi connectivity index (χ1n) is 14.6. The van der Waals surface area contributed by atoms with Gasteiger partial charge in [-0.15, -0.1) is 0 Å². The normalized spacial score (nSPS) is 17.0. The van der Waals surface area contributed by atoms with E-state index in [1.807, 2.05) is 42.5 Å². The molecule has 1 amide bonds. The number of piperidine rings is 1. The summed E-state index contributed by atoms with van der Waals surface area (Å²) in [6, 6.07) is 18.3. The van der Waals surface area contributed by atoms with Gasteiger partial charge in [-0.1, -0.05) is 23.7 Å². The largest absolute Gasteiger partial charge is 0.497 e. The Bertz CT molecular complexity index is 1390. The van der Waals surface area contributed by atoms with Crippen LogP contribution in [0.25, 0.3) is 0 Å². The monoisotopic (exact) mass is 610 g/mol. The number of amides is 1. The number of hydrogen-bond donors (Lipinski definition) is 3. The predicted octanol–water partition coefficient (Wildman–Crippen LogP) is 4.25. The Morgan fingerprint density at radius 3 is 2.51 bits per heavy atom. The van der Waals surface area contributed by atoms with Crippen LogP contribution < -0.4 is 24.3 Å². The van der Waals surface area contributed by atoms with Gasteiger partial charge in [-0.3, -0.25) is 4.79 Å². The number of ether oxygens (including phenoxy) is 4. The molecule has 2 heterocycles. The third kappa shape index (κ3) is 8.12. The average molecular weight is 611 g/mol. The van der Waals surface area contributed by atoms with E-state index >= 15 is 0 Å². The van der Waals surface area contributed by atoms with Gasteiger partial charge in [0.25, 0.3) is 5.91 Å². The van der Waals surface area contributed by atoms with Crippen molar-refractivity contribution in [3.63, 3.8) is 0 Å². The SMILES string of the molecule is COc1ccc(COc2ccc(C(=O)NCC(C)O)c(OC[C@@H](O)CN3CCC4(CC3)Cc3cc(Cl)ccc3O4)c2)cc1. The molecule has 3 aromatic rings. The second kappa shape index (κ2) is 13.9. The van der Waals surface area contributed by atoms with Gasteiger partial charge in [-0.2, -0.15) is 0 Å². The molecule has 1 fully saturated rings. The van der Waals surface area contributed by atoms with E-state index in [9.17, 15) is 15.0 Å². The molecule has 2 aliphatic heterocycles. The number of methoxy groups -OCH3 is 1. The summed E-state index contributed by atoms with van der Waals surface area (Å²) in [5.41, 5.74) is 2.18. The first-order chi connectivity index (χ1) is 20.7. The topological polar surface area (TPSA) is 110 Å². The smallest absolute Gasteiger partial charge is 0.255 e. The number of hydrogen-bond acceptors (Lipinski definition) is 8. The van der Waals surface area contributed by atoms with Crippen LogP contribution in [0.4, 0.5) is 0 Å². The molecule has 1 saturated heterocycles. The van der Waals surface area contributed by atoms with Crippen molar-refractivity contribution in [1.29, 1.82) is 0 Å². The highest BCUT2D eigenvalue weighted by Crippen LogP contribution is 2.42. The molecule has 3 aromatic carbocycles. The average Bonchev–Trinajstić information content (AvgIpc) is 3.36. The molecule has 0 aromatic heterocycles. The Balaban J connectivity index is 1.17. The fourth-order valence-electron chi connectivity index (χ4n) is 5.48. The highest BCUT2D eigenvalue weighted by molar-refractivity contribution is 6.30. The van der Waals surface area contributed by atoms with Gasteiger partial charge in [-0.05, 0) is 60.5 Å². The number of carbonyl (C=O) groups excluding carboxylic acids is 1. The van der Waals surface area contributed by atoms with Crippen LogP contribution in [0.3, 0.4) is 0 Å². The van der Waals surface area contributed by atoms with Gasteiger partial charge >= 0.3 is 0 Å². The van der Waals surface area contributed by atoms with E-state index in [2.05, 4.69) is 10.2 Å². The van der Waals surface area contributed by atoms with Crippen LogP contribution in [0.5, 0.6) is 23.0 Å². The number of rotatable bonds is 12. The van der Waals surface area contributed by atoms with Crippen LogP contribution in [0.15, 0.2) is 60.7 Å². The lowest BCUT2D eigenvalue weighted by atomic mass is 9.87. The molecule has 0 saturated carbocycles. The van der Waals surface area contributed by atoms with Crippen LogP contribution >= 0.6 is 11.6 Å². The molecule has 1 spiro atoms. The van der Waals surface area contributed by atoms with E-state index in [1.165, 1.54) is 0 Å². The summed E-state index contributed by atoms with van der Waals surface area (Å²) in [4.78, 5) is 15.1. The minimum atomic E-state index is -0.771. The maximum absolute atomic E-state index is 12.9. The number of aliphatic hydroxyl groups is 2. The van der Waals surface area contributed by atoms with Crippen molar-refractivity contribution in [2.45, 2.75) is 50.6 Å². The van der Waals surface area contributed by atoms with E-state index in [4.69, 9.17) is 30.5 Å². The highest BCUT2D eigenvalue weighted by atomic mass is 35.5. The Labute approximate surface area is 257 Å². The number of likely N-dealkylation sites (tertiary alicyclic amines) is 1. The summed E-state index contributed by atoms with van der Waals surface area (Å²) in [7, 11) is 1.62. The summed E-state index contributed by atoms with van der Waals surface area (Å²) in [6.45, 7) is 4.04. The molecule has 230 valence electrons. The maximum Gasteiger partial charge on any atom is 0.255 e. The maximum atomic E-state index is 12.9. The van der Waals surface area contributed by atoms with Gasteiger partial charge in [0, 0.05) is 56.5 Å². The van der Waals surface area contributed by atoms with Gasteiger partial charge in [0.2, 0.25) is 0 Å². The zero-order valence-electron chi connectivity index (χ0n) is 24.6. The fraction of sp³-hybridized carbons (Fsp3) is 0.424. The Morgan fingerprint density at radius 2 is 1.79 bits per heavy atom. The van der Waals surface area contributed by atoms with Gasteiger partial charge in [0.05, 0.1) is 18.8 Å². The van der Waals surface area contributed by atoms with Crippen molar-refractivity contribution in [2.75, 3.05) is 39.9 Å². The minimum Gasteiger partial charge on any atom is -0.497 e. The molecule has 10 heteroatoms. The number of nitrogens with zero attached hydrogens (tertiary/aromatic N) is 1. The molecule has 0 bridgehead atoms. The lowest BCUT2D eigenvalue weighted by Gasteiger charge is -2.39. The first-order valence-corrected chi connectivity index (χ1v) is 15.0. The molecule has 5 rings (SSSR count). The summed E-state index contributed by atoms with van der Waals surface area (Å²) in [5, 5.41) is 23.9. The molecule has 2 aliphatic rings. The van der Waals surface area contributed by atoms with Gasteiger partial charge in [0.1, 0.15) is 47.9 Å². The van der Waals surface area contributed by atoms with Crippen LogP contribution in [0, 0.1) is 0 Å². The Hall–Kier alpha value is -3.50. The van der Waals surface area contributed by atoms with Crippen LogP contribution in [0.1, 0.15) is 41.3 Å². The third-order valence-electron chi connectivity index (χ3n) is 7.85. The van der Waals surface area contributed by atoms with Crippen molar-refractivity contribution in [2.24, 2.45) is 0 Å². The lowest BCUT2D eigenvalue weighted by molar-refractivity contribution is -0.00201. The standard InChI is InChI=1S/C33H39ClN2O7/c1-22(37)18-35-32(39)29-9-8-28(41-20-23-3-6-27(40-2)7-4-23)16-31(29)42-21-26(38)19-36-13-11-33(12-14-36)17-24-15-25(34)5-10-30(24)43-33/h3-10,15-16,22,26,37-38H,11-14,17-21H2,1-2H3,(H,35,39)/t22?,26-/m0/s1. The summed E-state index contributed by atoms with van der Waals surface area (Å²) in [6.07, 6.45) is 1.10. The molecular weight excluding hydrogens is 572 g/mol. The summed E-state index contributed by atoms with van der Waals surface area (Å²) < 4.78 is 23.5. The van der Waals surface area contributed by atoms with Crippen LogP contribution in [0.2, 0.25) is 5.02 Å². The summed E-state index contributed by atoms with van der Waals surface area (Å²) >= 11 is 6.17. The molecule has 3 N–H and O–H groups in total. The highest BCUT2D eigenvalue weighted by Gasteiger charge is 2.42. The fourth-order valence-corrected chi connectivity index (χ4v) is 5.68. The van der Waals surface area contributed by atoms with Gasteiger partial charge in [-0.25, -0.2) is 0 Å². The second-order valence-electron chi connectivity index (χ2n) is 11.3. The number of halogens is 1. The van der Waals surface area contributed by atoms with Crippen molar-refractivity contribution in [1.82, 2.24) is 10.2 Å². The van der Waals surface area contributed by atoms with Crippen molar-refractivity contribution in [3.05, 3.63) is 82.4 Å². The Kier molecular flexibility index (Phi) is 9.97. The third-order valence-corrected chi connectivity index (χ3v) is 8.08. The quantitative estimate of drug-likeness (QED) is 0.279. The molecule has 2 atom stereocenters. The second-order valence-corrected chi connectivity index (χ2v) is 11.8. The zero-order chi connectivity index (χ0) is 30.4. The van der Waals surface area contributed by atoms with Crippen molar-refractivity contribution < 1.29 is 34.0 Å². The van der Waals surface area contributed by atoms with Gasteiger partial charge < -0.3 is 39.4 Å². The number of aliphatic hydroxyl groups excluding tert-OH is 2.